The SMILES string of the molecule is Cc1ccc(-c2cc(C(=O)N3CCN(C)CC3)[nH]n2)cc1C. The number of carbonyl (C=O) groups is 1. The minimum Gasteiger partial charge on any atom is -0.335 e. The van der Waals surface area contributed by atoms with Crippen LogP contribution in [0, 0.1) is 13.8 Å². The molecule has 1 aromatic carbocycles. The molecule has 5 heteroatoms. The predicted molar refractivity (Wildman–Crippen MR) is 86.9 cm³/mol. The molecule has 22 heavy (non-hydrogen) atoms. The van der Waals surface area contributed by atoms with Crippen LogP contribution in [0.2, 0.25) is 0 Å². The Morgan fingerprint density at radius 3 is 2.50 bits per heavy atom. The number of hydrogen-bond donors (Lipinski definition) is 1. The number of hydrogen-bond acceptors (Lipinski definition) is 3. The fourth-order valence-corrected chi connectivity index (χ4v) is 2.66. The standard InChI is InChI=1S/C17H22N4O/c1-12-4-5-14(10-13(12)2)15-11-16(19-18-15)17(22)21-8-6-20(3)7-9-21/h4-5,10-11H,6-9H2,1-3H3,(H,18,19). The van der Waals surface area contributed by atoms with Crippen molar-refractivity contribution in [3.8, 4) is 11.3 Å². The van der Waals surface area contributed by atoms with Gasteiger partial charge in [-0.1, -0.05) is 12.1 Å². The normalized spacial score (nSPS) is 16.0. The zero-order valence-electron chi connectivity index (χ0n) is 13.4. The molecule has 0 aliphatic carbocycles. The van der Waals surface area contributed by atoms with Gasteiger partial charge >= 0.3 is 0 Å². The lowest BCUT2D eigenvalue weighted by Gasteiger charge is -2.32. The fourth-order valence-electron chi connectivity index (χ4n) is 2.66. The molecule has 0 bridgehead atoms. The number of carbonyl (C=O) groups excluding carboxylic acids is 1. The van der Waals surface area contributed by atoms with Gasteiger partial charge in [0, 0.05) is 31.7 Å². The molecule has 0 radical (unpaired) electrons. The molecule has 1 aliphatic heterocycles. The molecule has 1 fully saturated rings. The molecule has 2 aromatic rings. The van der Waals surface area contributed by atoms with Crippen LogP contribution in [0.1, 0.15) is 21.6 Å². The van der Waals surface area contributed by atoms with E-state index in [1.807, 2.05) is 17.0 Å². The van der Waals surface area contributed by atoms with Gasteiger partial charge < -0.3 is 9.80 Å². The summed E-state index contributed by atoms with van der Waals surface area (Å²) >= 11 is 0. The topological polar surface area (TPSA) is 52.2 Å². The zero-order chi connectivity index (χ0) is 15.7. The summed E-state index contributed by atoms with van der Waals surface area (Å²) in [5, 5.41) is 7.20. The maximum atomic E-state index is 12.5. The van der Waals surface area contributed by atoms with E-state index >= 15 is 0 Å². The van der Waals surface area contributed by atoms with Crippen LogP contribution in [0.25, 0.3) is 11.3 Å². The molecule has 5 nitrogen and oxygen atoms in total. The molecule has 0 spiro atoms. The van der Waals surface area contributed by atoms with Crippen molar-refractivity contribution in [3.63, 3.8) is 0 Å². The highest BCUT2D eigenvalue weighted by Gasteiger charge is 2.22. The summed E-state index contributed by atoms with van der Waals surface area (Å²) < 4.78 is 0. The van der Waals surface area contributed by atoms with Crippen molar-refractivity contribution in [1.29, 1.82) is 0 Å². The molecule has 1 saturated heterocycles. The van der Waals surface area contributed by atoms with Gasteiger partial charge in [-0.15, -0.1) is 0 Å². The highest BCUT2D eigenvalue weighted by molar-refractivity contribution is 5.93. The number of nitrogens with zero attached hydrogens (tertiary/aromatic N) is 3. The minimum atomic E-state index is 0.0377. The summed E-state index contributed by atoms with van der Waals surface area (Å²) in [5.41, 5.74) is 4.91. The second-order valence-electron chi connectivity index (χ2n) is 6.06. The molecule has 0 unspecified atom stereocenters. The summed E-state index contributed by atoms with van der Waals surface area (Å²) in [7, 11) is 2.08. The number of benzene rings is 1. The number of H-pyrrole nitrogens is 1. The first kappa shape index (κ1) is 14.8. The van der Waals surface area contributed by atoms with Gasteiger partial charge in [-0.2, -0.15) is 5.10 Å². The van der Waals surface area contributed by atoms with E-state index in [1.165, 1.54) is 11.1 Å². The first-order chi connectivity index (χ1) is 10.5. The van der Waals surface area contributed by atoms with Crippen LogP contribution in [0.15, 0.2) is 24.3 Å². The van der Waals surface area contributed by atoms with Gasteiger partial charge in [-0.3, -0.25) is 9.89 Å². The molecule has 116 valence electrons. The number of aromatic amines is 1. The third kappa shape index (κ3) is 2.90. The largest absolute Gasteiger partial charge is 0.335 e. The molecule has 0 atom stereocenters. The van der Waals surface area contributed by atoms with Gasteiger partial charge in [0.1, 0.15) is 5.69 Å². The Morgan fingerprint density at radius 1 is 1.09 bits per heavy atom. The van der Waals surface area contributed by atoms with Crippen molar-refractivity contribution in [2.75, 3.05) is 33.2 Å². The first-order valence-electron chi connectivity index (χ1n) is 7.65. The Hall–Kier alpha value is -2.14. The van der Waals surface area contributed by atoms with Gasteiger partial charge in [-0.05, 0) is 44.2 Å². The summed E-state index contributed by atoms with van der Waals surface area (Å²) in [6, 6.07) is 8.09. The Kier molecular flexibility index (Phi) is 3.98. The number of nitrogens with one attached hydrogen (secondary N) is 1. The van der Waals surface area contributed by atoms with Crippen molar-refractivity contribution in [2.45, 2.75) is 13.8 Å². The van der Waals surface area contributed by atoms with Gasteiger partial charge in [0.15, 0.2) is 0 Å². The summed E-state index contributed by atoms with van der Waals surface area (Å²) in [5.74, 6) is 0.0377. The second-order valence-corrected chi connectivity index (χ2v) is 6.06. The monoisotopic (exact) mass is 298 g/mol. The van der Waals surface area contributed by atoms with Crippen molar-refractivity contribution in [3.05, 3.63) is 41.1 Å². The minimum absolute atomic E-state index is 0.0377. The lowest BCUT2D eigenvalue weighted by atomic mass is 10.0. The van der Waals surface area contributed by atoms with Crippen LogP contribution in [0.3, 0.4) is 0 Å². The maximum Gasteiger partial charge on any atom is 0.271 e. The number of aryl methyl sites for hydroxylation is 2. The Morgan fingerprint density at radius 2 is 1.82 bits per heavy atom. The summed E-state index contributed by atoms with van der Waals surface area (Å²) in [6.45, 7) is 7.56. The van der Waals surface area contributed by atoms with Crippen LogP contribution >= 0.6 is 0 Å². The average molecular weight is 298 g/mol. The Labute approximate surface area is 130 Å². The van der Waals surface area contributed by atoms with E-state index in [2.05, 4.69) is 48.1 Å². The van der Waals surface area contributed by atoms with Gasteiger partial charge in [0.05, 0.1) is 5.69 Å². The predicted octanol–water partition coefficient (Wildman–Crippen LogP) is 2.08. The molecule has 2 heterocycles. The Balaban J connectivity index is 1.78. The highest BCUT2D eigenvalue weighted by Crippen LogP contribution is 2.21. The van der Waals surface area contributed by atoms with Crippen LogP contribution in [0.5, 0.6) is 0 Å². The van der Waals surface area contributed by atoms with E-state index in [4.69, 9.17) is 0 Å². The van der Waals surface area contributed by atoms with Gasteiger partial charge in [0.25, 0.3) is 5.91 Å². The number of amides is 1. The fraction of sp³-hybridized carbons (Fsp3) is 0.412. The van der Waals surface area contributed by atoms with Crippen molar-refractivity contribution < 1.29 is 4.79 Å². The smallest absolute Gasteiger partial charge is 0.271 e. The quantitative estimate of drug-likeness (QED) is 0.923. The molecular weight excluding hydrogens is 276 g/mol. The van der Waals surface area contributed by atoms with E-state index in [-0.39, 0.29) is 5.91 Å². The molecule has 0 saturated carbocycles. The van der Waals surface area contributed by atoms with Crippen LogP contribution in [-0.2, 0) is 0 Å². The molecule has 1 aromatic heterocycles. The van der Waals surface area contributed by atoms with E-state index in [0.29, 0.717) is 5.69 Å². The molecule has 1 amide bonds. The molecule has 1 aliphatic rings. The number of aromatic nitrogens is 2. The van der Waals surface area contributed by atoms with Gasteiger partial charge in [0.2, 0.25) is 0 Å². The number of rotatable bonds is 2. The lowest BCUT2D eigenvalue weighted by Crippen LogP contribution is -2.47. The maximum absolute atomic E-state index is 12.5. The van der Waals surface area contributed by atoms with Crippen LogP contribution in [-0.4, -0.2) is 59.1 Å². The third-order valence-electron chi connectivity index (χ3n) is 4.40. The van der Waals surface area contributed by atoms with Gasteiger partial charge in [-0.25, -0.2) is 0 Å². The zero-order valence-corrected chi connectivity index (χ0v) is 13.4. The first-order valence-corrected chi connectivity index (χ1v) is 7.65. The van der Waals surface area contributed by atoms with Crippen molar-refractivity contribution in [1.82, 2.24) is 20.0 Å². The number of piperazine rings is 1. The Bertz CT molecular complexity index is 684. The molecule has 1 N–H and O–H groups in total. The third-order valence-corrected chi connectivity index (χ3v) is 4.40. The van der Waals surface area contributed by atoms with E-state index < -0.39 is 0 Å². The summed E-state index contributed by atoms with van der Waals surface area (Å²) in [4.78, 5) is 16.6. The van der Waals surface area contributed by atoms with E-state index in [1.54, 1.807) is 0 Å². The van der Waals surface area contributed by atoms with E-state index in [0.717, 1.165) is 37.4 Å². The van der Waals surface area contributed by atoms with Crippen LogP contribution < -0.4 is 0 Å². The summed E-state index contributed by atoms with van der Waals surface area (Å²) in [6.07, 6.45) is 0. The lowest BCUT2D eigenvalue weighted by molar-refractivity contribution is 0.0658. The molecule has 3 rings (SSSR count). The number of likely N-dealkylation sites (N-methyl/N-ethyl adjacent to an activating group) is 1. The second kappa shape index (κ2) is 5.93. The van der Waals surface area contributed by atoms with Crippen molar-refractivity contribution in [2.24, 2.45) is 0 Å². The molecular formula is C17H22N4O. The van der Waals surface area contributed by atoms with Crippen molar-refractivity contribution >= 4 is 5.91 Å². The highest BCUT2D eigenvalue weighted by atomic mass is 16.2. The van der Waals surface area contributed by atoms with E-state index in [9.17, 15) is 4.79 Å². The average Bonchev–Trinajstić information content (AvgIpc) is 3.00. The van der Waals surface area contributed by atoms with Crippen LogP contribution in [0.4, 0.5) is 0 Å².